The Hall–Kier alpha value is -1.08. The number of hydrogen-bond acceptors (Lipinski definition) is 1. The fraction of sp³-hybridized carbons (Fsp3) is 0.636. The molecule has 1 saturated carbocycles. The summed E-state index contributed by atoms with van der Waals surface area (Å²) in [5.41, 5.74) is 7.53. The van der Waals surface area contributed by atoms with Gasteiger partial charge >= 0.3 is 0 Å². The van der Waals surface area contributed by atoms with Crippen molar-refractivity contribution in [2.75, 3.05) is 0 Å². The molecule has 134 valence electrons. The molecule has 1 heteroatoms. The van der Waals surface area contributed by atoms with Gasteiger partial charge in [0.25, 0.3) is 0 Å². The summed E-state index contributed by atoms with van der Waals surface area (Å²) >= 11 is 0. The van der Waals surface area contributed by atoms with Crippen LogP contribution in [0.2, 0.25) is 0 Å². The van der Waals surface area contributed by atoms with E-state index < -0.39 is 0 Å². The fourth-order valence-corrected chi connectivity index (χ4v) is 3.18. The van der Waals surface area contributed by atoms with Gasteiger partial charge < -0.3 is 5.73 Å². The lowest BCUT2D eigenvalue weighted by molar-refractivity contribution is 0.253. The van der Waals surface area contributed by atoms with Crippen LogP contribution < -0.4 is 5.73 Å². The van der Waals surface area contributed by atoms with Crippen LogP contribution >= 0.6 is 0 Å². The molecule has 1 nitrogen and oxygen atoms in total. The quantitative estimate of drug-likeness (QED) is 0.606. The smallest absolute Gasteiger partial charge is 0.00416 e. The minimum absolute atomic E-state index is 0. The van der Waals surface area contributed by atoms with Gasteiger partial charge in [-0.3, -0.25) is 0 Å². The molecule has 2 N–H and O–H groups in total. The molecule has 0 spiro atoms. The van der Waals surface area contributed by atoms with E-state index in [1.807, 2.05) is 27.7 Å². The third kappa shape index (κ3) is 9.61. The summed E-state index contributed by atoms with van der Waals surface area (Å²) in [6.07, 6.45) is 9.55. The molecule has 0 bridgehead atoms. The van der Waals surface area contributed by atoms with Crippen molar-refractivity contribution in [3.05, 3.63) is 48.6 Å². The van der Waals surface area contributed by atoms with E-state index in [1.165, 1.54) is 37.7 Å². The molecule has 0 radical (unpaired) electrons. The SMILES string of the molecule is C.C=CC(CCc1ccccc1)C1CCCC(N)C1.CC.CC. The Labute approximate surface area is 146 Å². The number of nitrogens with two attached hydrogens (primary N) is 1. The molecular formula is C22H41N. The Kier molecular flexibility index (Phi) is 16.6. The molecule has 1 aromatic carbocycles. The summed E-state index contributed by atoms with van der Waals surface area (Å²) in [7, 11) is 0. The van der Waals surface area contributed by atoms with Crippen LogP contribution in [0.15, 0.2) is 43.0 Å². The highest BCUT2D eigenvalue weighted by atomic mass is 14.6. The maximum Gasteiger partial charge on any atom is 0.00416 e. The zero-order valence-electron chi connectivity index (χ0n) is 15.2. The van der Waals surface area contributed by atoms with Gasteiger partial charge in [-0.2, -0.15) is 0 Å². The maximum absolute atomic E-state index is 6.09. The minimum atomic E-state index is 0. The second kappa shape index (κ2) is 15.8. The molecule has 0 amide bonds. The van der Waals surface area contributed by atoms with Crippen LogP contribution in [0, 0.1) is 11.8 Å². The third-order valence-corrected chi connectivity index (χ3v) is 4.27. The number of benzene rings is 1. The number of aryl methyl sites for hydroxylation is 1. The predicted molar refractivity (Wildman–Crippen MR) is 108 cm³/mol. The van der Waals surface area contributed by atoms with Crippen molar-refractivity contribution in [3.63, 3.8) is 0 Å². The van der Waals surface area contributed by atoms with Crippen molar-refractivity contribution in [2.24, 2.45) is 17.6 Å². The van der Waals surface area contributed by atoms with Crippen molar-refractivity contribution in [1.29, 1.82) is 0 Å². The monoisotopic (exact) mass is 319 g/mol. The summed E-state index contributed by atoms with van der Waals surface area (Å²) in [6, 6.07) is 11.2. The van der Waals surface area contributed by atoms with E-state index >= 15 is 0 Å². The molecule has 1 aromatic rings. The molecule has 1 aliphatic carbocycles. The topological polar surface area (TPSA) is 26.0 Å². The standard InChI is InChI=1S/C17H25N.2C2H6.CH4/c1-2-15(16-9-6-10-17(18)13-16)12-11-14-7-4-3-5-8-14;2*1-2;/h2-5,7-8,15-17H,1,6,9-13,18H2;2*1-2H3;1H4. The summed E-state index contributed by atoms with van der Waals surface area (Å²) in [6.45, 7) is 12.0. The van der Waals surface area contributed by atoms with Gasteiger partial charge in [0.15, 0.2) is 0 Å². The van der Waals surface area contributed by atoms with Gasteiger partial charge in [-0.15, -0.1) is 6.58 Å². The second-order valence-corrected chi connectivity index (χ2v) is 5.61. The van der Waals surface area contributed by atoms with E-state index in [-0.39, 0.29) is 7.43 Å². The van der Waals surface area contributed by atoms with Crippen LogP contribution in [0.25, 0.3) is 0 Å². The molecule has 1 aliphatic rings. The lowest BCUT2D eigenvalue weighted by atomic mass is 9.76. The van der Waals surface area contributed by atoms with Crippen molar-refractivity contribution < 1.29 is 0 Å². The summed E-state index contributed by atoms with van der Waals surface area (Å²) in [4.78, 5) is 0. The van der Waals surface area contributed by atoms with E-state index in [0.29, 0.717) is 12.0 Å². The van der Waals surface area contributed by atoms with Crippen LogP contribution in [0.3, 0.4) is 0 Å². The van der Waals surface area contributed by atoms with Gasteiger partial charge in [0, 0.05) is 6.04 Å². The second-order valence-electron chi connectivity index (χ2n) is 5.61. The third-order valence-electron chi connectivity index (χ3n) is 4.27. The molecule has 0 aliphatic heterocycles. The normalized spacial score (nSPS) is 20.6. The molecular weight excluding hydrogens is 278 g/mol. The highest BCUT2D eigenvalue weighted by molar-refractivity contribution is 5.15. The Morgan fingerprint density at radius 2 is 1.74 bits per heavy atom. The molecule has 0 aromatic heterocycles. The number of hydrogen-bond donors (Lipinski definition) is 1. The van der Waals surface area contributed by atoms with Crippen molar-refractivity contribution in [2.45, 2.75) is 79.7 Å². The van der Waals surface area contributed by atoms with Gasteiger partial charge in [-0.25, -0.2) is 0 Å². The van der Waals surface area contributed by atoms with Crippen molar-refractivity contribution >= 4 is 0 Å². The molecule has 3 unspecified atom stereocenters. The first-order valence-electron chi connectivity index (χ1n) is 9.21. The Morgan fingerprint density at radius 3 is 2.26 bits per heavy atom. The summed E-state index contributed by atoms with van der Waals surface area (Å²) in [5.74, 6) is 1.39. The summed E-state index contributed by atoms with van der Waals surface area (Å²) in [5, 5.41) is 0. The van der Waals surface area contributed by atoms with Crippen LogP contribution in [-0.2, 0) is 6.42 Å². The number of allylic oxidation sites excluding steroid dienone is 1. The van der Waals surface area contributed by atoms with Crippen molar-refractivity contribution in [1.82, 2.24) is 0 Å². The van der Waals surface area contributed by atoms with Gasteiger partial charge in [-0.05, 0) is 49.5 Å². The fourth-order valence-electron chi connectivity index (χ4n) is 3.18. The van der Waals surface area contributed by atoms with E-state index in [4.69, 9.17) is 5.73 Å². The first kappa shape index (κ1) is 24.2. The first-order valence-corrected chi connectivity index (χ1v) is 9.21. The molecule has 23 heavy (non-hydrogen) atoms. The highest BCUT2D eigenvalue weighted by Crippen LogP contribution is 2.32. The minimum Gasteiger partial charge on any atom is -0.328 e. The van der Waals surface area contributed by atoms with Gasteiger partial charge in [0.1, 0.15) is 0 Å². The van der Waals surface area contributed by atoms with Crippen LogP contribution in [0.5, 0.6) is 0 Å². The Balaban J connectivity index is 0. The van der Waals surface area contributed by atoms with Gasteiger partial charge in [0.2, 0.25) is 0 Å². The largest absolute Gasteiger partial charge is 0.328 e. The van der Waals surface area contributed by atoms with Crippen LogP contribution in [-0.4, -0.2) is 6.04 Å². The van der Waals surface area contributed by atoms with E-state index in [2.05, 4.69) is 43.0 Å². The zero-order valence-corrected chi connectivity index (χ0v) is 15.2. The molecule has 0 heterocycles. The molecule has 2 rings (SSSR count). The Bertz CT molecular complexity index is 357. The van der Waals surface area contributed by atoms with Gasteiger partial charge in [-0.1, -0.05) is 78.0 Å². The maximum atomic E-state index is 6.09. The van der Waals surface area contributed by atoms with E-state index in [1.54, 1.807) is 0 Å². The number of rotatable bonds is 5. The summed E-state index contributed by atoms with van der Waals surface area (Å²) < 4.78 is 0. The lowest BCUT2D eigenvalue weighted by Gasteiger charge is -2.31. The lowest BCUT2D eigenvalue weighted by Crippen LogP contribution is -2.31. The zero-order chi connectivity index (χ0) is 16.8. The van der Waals surface area contributed by atoms with Crippen LogP contribution in [0.1, 0.15) is 72.8 Å². The van der Waals surface area contributed by atoms with E-state index in [0.717, 1.165) is 12.3 Å². The first-order chi connectivity index (χ1) is 10.8. The highest BCUT2D eigenvalue weighted by Gasteiger charge is 2.24. The van der Waals surface area contributed by atoms with Gasteiger partial charge in [0.05, 0.1) is 0 Å². The average molecular weight is 320 g/mol. The Morgan fingerprint density at radius 1 is 1.13 bits per heavy atom. The van der Waals surface area contributed by atoms with E-state index in [9.17, 15) is 0 Å². The predicted octanol–water partition coefficient (Wildman–Crippen LogP) is 6.63. The molecule has 1 fully saturated rings. The van der Waals surface area contributed by atoms with Crippen molar-refractivity contribution in [3.8, 4) is 0 Å². The molecule has 0 saturated heterocycles. The molecule has 3 atom stereocenters. The average Bonchev–Trinajstić information content (AvgIpc) is 2.60. The van der Waals surface area contributed by atoms with Crippen LogP contribution in [0.4, 0.5) is 0 Å².